The van der Waals surface area contributed by atoms with Gasteiger partial charge in [-0.25, -0.2) is 8.42 Å². The number of nitrogens with zero attached hydrogens (tertiary/aromatic N) is 1. The van der Waals surface area contributed by atoms with Crippen LogP contribution < -0.4 is 5.43 Å². The molecule has 8 heteroatoms. The molecule has 1 N–H and O–H groups in total. The van der Waals surface area contributed by atoms with Crippen LogP contribution in [-0.2, 0) is 9.05 Å². The number of hydrazone groups is 1. The molecular formula is C15H11ClN2O4S. The van der Waals surface area contributed by atoms with Crippen molar-refractivity contribution in [2.24, 2.45) is 5.10 Å². The van der Waals surface area contributed by atoms with Gasteiger partial charge in [0, 0.05) is 28.0 Å². The van der Waals surface area contributed by atoms with Gasteiger partial charge in [0.25, 0.3) is 9.05 Å². The zero-order valence-electron chi connectivity index (χ0n) is 11.6. The molecule has 1 heterocycles. The van der Waals surface area contributed by atoms with Crippen molar-refractivity contribution < 1.29 is 18.0 Å². The molecule has 2 aliphatic rings. The van der Waals surface area contributed by atoms with Gasteiger partial charge < -0.3 is 0 Å². The number of fused-ring (bicyclic) bond motifs is 1. The van der Waals surface area contributed by atoms with E-state index in [4.69, 9.17) is 10.7 Å². The number of hydrogen-bond acceptors (Lipinski definition) is 6. The normalized spacial score (nSPS) is 15.8. The Labute approximate surface area is 137 Å². The van der Waals surface area contributed by atoms with Crippen molar-refractivity contribution in [3.8, 4) is 0 Å². The molecule has 23 heavy (non-hydrogen) atoms. The van der Waals surface area contributed by atoms with Gasteiger partial charge in [0.2, 0.25) is 0 Å². The Kier molecular flexibility index (Phi) is 5.25. The second-order valence-electron chi connectivity index (χ2n) is 4.36. The van der Waals surface area contributed by atoms with Gasteiger partial charge in [-0.1, -0.05) is 24.3 Å². The lowest BCUT2D eigenvalue weighted by Crippen LogP contribution is -2.10. The number of rotatable bonds is 1. The van der Waals surface area contributed by atoms with Crippen molar-refractivity contribution in [2.75, 3.05) is 0 Å². The molecule has 0 saturated carbocycles. The Morgan fingerprint density at radius 2 is 1.57 bits per heavy atom. The fourth-order valence-corrected chi connectivity index (χ4v) is 2.45. The zero-order chi connectivity index (χ0) is 16.9. The molecule has 0 amide bonds. The van der Waals surface area contributed by atoms with Crippen molar-refractivity contribution in [3.05, 3.63) is 70.8 Å². The quantitative estimate of drug-likeness (QED) is 0.783. The lowest BCUT2D eigenvalue weighted by Gasteiger charge is -2.06. The van der Waals surface area contributed by atoms with Gasteiger partial charge in [-0.2, -0.15) is 5.10 Å². The average Bonchev–Trinajstić information content (AvgIpc) is 2.81. The number of benzene rings is 1. The lowest BCUT2D eigenvalue weighted by atomic mass is 9.95. The summed E-state index contributed by atoms with van der Waals surface area (Å²) in [6.45, 7) is 0. The van der Waals surface area contributed by atoms with E-state index >= 15 is 0 Å². The maximum atomic E-state index is 11.2. The minimum absolute atomic E-state index is 0.0274. The van der Waals surface area contributed by atoms with E-state index in [1.165, 1.54) is 30.5 Å². The monoisotopic (exact) mass is 350 g/mol. The van der Waals surface area contributed by atoms with Gasteiger partial charge in [0.05, 0.1) is 6.21 Å². The largest absolute Gasteiger partial charge is 0.289 e. The lowest BCUT2D eigenvalue weighted by molar-refractivity contribution is 0.0994. The van der Waals surface area contributed by atoms with Crippen molar-refractivity contribution in [1.29, 1.82) is 0 Å². The predicted octanol–water partition coefficient (Wildman–Crippen LogP) is 2.16. The highest BCUT2D eigenvalue weighted by Gasteiger charge is 2.17. The van der Waals surface area contributed by atoms with Crippen LogP contribution in [0, 0.1) is 0 Å². The first kappa shape index (κ1) is 16.9. The van der Waals surface area contributed by atoms with Crippen LogP contribution in [0.15, 0.2) is 64.8 Å². The summed E-state index contributed by atoms with van der Waals surface area (Å²) in [7, 11) is 1.38. The summed E-state index contributed by atoms with van der Waals surface area (Å²) in [5.41, 5.74) is 3.47. The Balaban J connectivity index is 0.000000168. The molecule has 0 aromatic heterocycles. The summed E-state index contributed by atoms with van der Waals surface area (Å²) < 4.78 is 21.4. The first-order valence-electron chi connectivity index (χ1n) is 6.35. The van der Waals surface area contributed by atoms with E-state index in [-0.39, 0.29) is 16.5 Å². The Morgan fingerprint density at radius 3 is 2.09 bits per heavy atom. The summed E-state index contributed by atoms with van der Waals surface area (Å²) in [6.07, 6.45) is 8.11. The highest BCUT2D eigenvalue weighted by molar-refractivity contribution is 8.17. The molecule has 1 aliphatic carbocycles. The fourth-order valence-electron chi connectivity index (χ4n) is 1.76. The zero-order valence-corrected chi connectivity index (χ0v) is 13.2. The maximum absolute atomic E-state index is 11.2. The molecule has 0 spiro atoms. The molecule has 0 bridgehead atoms. The maximum Gasteiger partial charge on any atom is 0.262 e. The molecule has 6 nitrogen and oxygen atoms in total. The minimum Gasteiger partial charge on any atom is -0.289 e. The highest BCUT2D eigenvalue weighted by Crippen LogP contribution is 2.15. The van der Waals surface area contributed by atoms with Crippen LogP contribution in [-0.4, -0.2) is 26.2 Å². The fraction of sp³-hybridized carbons (Fsp3) is 0. The third-order valence-electron chi connectivity index (χ3n) is 2.82. The first-order valence-corrected chi connectivity index (χ1v) is 8.66. The molecule has 0 fully saturated rings. The molecule has 1 aromatic carbocycles. The number of halogens is 1. The average molecular weight is 351 g/mol. The molecule has 1 aromatic rings. The number of hydrogen-bond donors (Lipinski definition) is 1. The van der Waals surface area contributed by atoms with Crippen molar-refractivity contribution in [2.45, 2.75) is 0 Å². The Hall–Kier alpha value is -2.51. The van der Waals surface area contributed by atoms with Crippen LogP contribution >= 0.6 is 10.7 Å². The topological polar surface area (TPSA) is 92.7 Å². The van der Waals surface area contributed by atoms with E-state index in [1.807, 2.05) is 0 Å². The highest BCUT2D eigenvalue weighted by atomic mass is 35.7. The molecule has 0 radical (unpaired) electrons. The van der Waals surface area contributed by atoms with Crippen LogP contribution in [0.3, 0.4) is 0 Å². The third-order valence-corrected chi connectivity index (χ3v) is 4.16. The molecule has 1 aliphatic heterocycles. The first-order chi connectivity index (χ1) is 10.9. The summed E-state index contributed by atoms with van der Waals surface area (Å²) in [5.74, 6) is -0.185. The Morgan fingerprint density at radius 1 is 1.00 bits per heavy atom. The number of carbonyl (C=O) groups excluding carboxylic acids is 2. The molecule has 0 atom stereocenters. The molecule has 0 saturated heterocycles. The van der Waals surface area contributed by atoms with E-state index in [9.17, 15) is 18.0 Å². The van der Waals surface area contributed by atoms with Gasteiger partial charge in [0.15, 0.2) is 11.6 Å². The molecular weight excluding hydrogens is 340 g/mol. The predicted molar refractivity (Wildman–Crippen MR) is 87.9 cm³/mol. The summed E-state index contributed by atoms with van der Waals surface area (Å²) in [6, 6.07) is 6.84. The standard InChI is InChI=1S/C10H6O2.C5H5ClN2O2S/c11-9-5-6-10(12)8-4-2-1-3-7(8)9;6-11(9,10)5-2-1-3-7-8-4-5/h1-6H;1-4,7H. The van der Waals surface area contributed by atoms with Gasteiger partial charge in [-0.3, -0.25) is 15.0 Å². The van der Waals surface area contributed by atoms with E-state index in [2.05, 4.69) is 10.5 Å². The Bertz CT molecular complexity index is 830. The van der Waals surface area contributed by atoms with Gasteiger partial charge in [-0.05, 0) is 24.3 Å². The van der Waals surface area contributed by atoms with Crippen LogP contribution in [0.1, 0.15) is 20.7 Å². The summed E-state index contributed by atoms with van der Waals surface area (Å²) in [5, 5.41) is 3.53. The number of carbonyl (C=O) groups is 2. The molecule has 3 rings (SSSR count). The van der Waals surface area contributed by atoms with E-state index in [1.54, 1.807) is 24.3 Å². The SMILES string of the molecule is O=C1C=CC(=O)c2ccccc21.O=S(=O)(Cl)C1=CC=CNN=C1. The van der Waals surface area contributed by atoms with Gasteiger partial charge in [0.1, 0.15) is 4.91 Å². The number of allylic oxidation sites excluding steroid dienone is 5. The third kappa shape index (κ3) is 4.48. The molecule has 0 unspecified atom stereocenters. The van der Waals surface area contributed by atoms with E-state index < -0.39 is 9.05 Å². The minimum atomic E-state index is -3.66. The van der Waals surface area contributed by atoms with Crippen molar-refractivity contribution in [3.63, 3.8) is 0 Å². The second-order valence-corrected chi connectivity index (χ2v) is 6.93. The second kappa shape index (κ2) is 7.17. The van der Waals surface area contributed by atoms with E-state index in [0.717, 1.165) is 6.21 Å². The summed E-state index contributed by atoms with van der Waals surface area (Å²) >= 11 is 0. The van der Waals surface area contributed by atoms with Crippen molar-refractivity contribution in [1.82, 2.24) is 5.43 Å². The van der Waals surface area contributed by atoms with Crippen LogP contribution in [0.4, 0.5) is 0 Å². The van der Waals surface area contributed by atoms with E-state index in [0.29, 0.717) is 11.1 Å². The summed E-state index contributed by atoms with van der Waals surface area (Å²) in [4.78, 5) is 22.4. The van der Waals surface area contributed by atoms with Gasteiger partial charge >= 0.3 is 0 Å². The van der Waals surface area contributed by atoms with Crippen molar-refractivity contribution >= 4 is 37.5 Å². The number of nitrogens with one attached hydrogen (secondary N) is 1. The van der Waals surface area contributed by atoms with Crippen LogP contribution in [0.25, 0.3) is 0 Å². The smallest absolute Gasteiger partial charge is 0.262 e. The van der Waals surface area contributed by atoms with Gasteiger partial charge in [-0.15, -0.1) is 0 Å². The van der Waals surface area contributed by atoms with Crippen LogP contribution in [0.5, 0.6) is 0 Å². The molecule has 118 valence electrons. The number of ketones is 2. The van der Waals surface area contributed by atoms with Crippen LogP contribution in [0.2, 0.25) is 0 Å².